The standard InChI is InChI=1S/C17H21N3O4S.C2HF3O2/c1-11-5-15(24-19-11)16(21)20-9-17(10-20)6-14(3-4-23-17)22-7-13-8-25-12(2)18-13;3-2(4,5)1(6)7/h5,8,14H,3-4,6-7,9-10H2,1-2H3;(H,6,7). The van der Waals surface area contributed by atoms with Crippen LogP contribution in [0.25, 0.3) is 0 Å². The molecule has 1 unspecified atom stereocenters. The van der Waals surface area contributed by atoms with E-state index in [1.54, 1.807) is 29.2 Å². The molecule has 2 aliphatic rings. The number of ether oxygens (including phenoxy) is 2. The summed E-state index contributed by atoms with van der Waals surface area (Å²) in [5.74, 6) is -2.60. The van der Waals surface area contributed by atoms with E-state index in [0.29, 0.717) is 32.0 Å². The third-order valence-electron chi connectivity index (χ3n) is 4.91. The first-order chi connectivity index (χ1) is 15.0. The third kappa shape index (κ3) is 6.04. The molecule has 2 aromatic heterocycles. The molecule has 9 nitrogen and oxygen atoms in total. The molecule has 1 atom stereocenters. The normalized spacial score (nSPS) is 19.8. The van der Waals surface area contributed by atoms with Gasteiger partial charge in [-0.2, -0.15) is 13.2 Å². The van der Waals surface area contributed by atoms with Gasteiger partial charge in [0.05, 0.1) is 42.2 Å². The first-order valence-corrected chi connectivity index (χ1v) is 10.5. The number of hydrogen-bond donors (Lipinski definition) is 1. The highest BCUT2D eigenvalue weighted by Crippen LogP contribution is 2.36. The average molecular weight is 477 g/mol. The van der Waals surface area contributed by atoms with Crippen molar-refractivity contribution in [3.63, 3.8) is 0 Å². The van der Waals surface area contributed by atoms with Gasteiger partial charge in [-0.25, -0.2) is 9.78 Å². The maximum atomic E-state index is 12.4. The van der Waals surface area contributed by atoms with Gasteiger partial charge in [0.25, 0.3) is 5.91 Å². The molecule has 0 bridgehead atoms. The number of aliphatic carboxylic acids is 1. The fourth-order valence-electron chi connectivity index (χ4n) is 3.44. The van der Waals surface area contributed by atoms with Gasteiger partial charge in [0, 0.05) is 24.5 Å². The van der Waals surface area contributed by atoms with Crippen LogP contribution in [0.15, 0.2) is 16.0 Å². The van der Waals surface area contributed by atoms with Crippen LogP contribution < -0.4 is 0 Å². The van der Waals surface area contributed by atoms with Gasteiger partial charge >= 0.3 is 12.1 Å². The summed E-state index contributed by atoms with van der Waals surface area (Å²) in [6, 6.07) is 1.66. The highest BCUT2D eigenvalue weighted by molar-refractivity contribution is 7.09. The van der Waals surface area contributed by atoms with Crippen LogP contribution in [0.2, 0.25) is 0 Å². The average Bonchev–Trinajstić information content (AvgIpc) is 3.32. The van der Waals surface area contributed by atoms with Gasteiger partial charge in [0.1, 0.15) is 5.60 Å². The van der Waals surface area contributed by atoms with Crippen molar-refractivity contribution < 1.29 is 41.9 Å². The van der Waals surface area contributed by atoms with Gasteiger partial charge in [0.15, 0.2) is 0 Å². The number of alkyl halides is 3. The van der Waals surface area contributed by atoms with Crippen LogP contribution in [0.3, 0.4) is 0 Å². The van der Waals surface area contributed by atoms with Crippen molar-refractivity contribution in [2.24, 2.45) is 0 Å². The maximum Gasteiger partial charge on any atom is 0.490 e. The molecule has 0 aromatic carbocycles. The monoisotopic (exact) mass is 477 g/mol. The maximum absolute atomic E-state index is 12.4. The molecule has 1 N–H and O–H groups in total. The summed E-state index contributed by atoms with van der Waals surface area (Å²) in [6.07, 6.45) is -3.27. The molecule has 1 amide bonds. The number of halogens is 3. The van der Waals surface area contributed by atoms with Gasteiger partial charge in [-0.3, -0.25) is 4.79 Å². The number of carbonyl (C=O) groups is 2. The second-order valence-electron chi connectivity index (χ2n) is 7.61. The third-order valence-corrected chi connectivity index (χ3v) is 5.73. The Bertz CT molecular complexity index is 954. The number of carboxylic acid groups (broad SMARTS) is 1. The Hall–Kier alpha value is -2.51. The SMILES string of the molecule is Cc1cc(C(=O)N2CC3(CC(OCc4csc(C)n4)CCO3)C2)on1.O=C(O)C(F)(F)F. The van der Waals surface area contributed by atoms with Crippen LogP contribution in [0, 0.1) is 13.8 Å². The zero-order chi connectivity index (χ0) is 23.5. The number of hydrogen-bond acceptors (Lipinski definition) is 8. The van der Waals surface area contributed by atoms with E-state index in [4.69, 9.17) is 23.9 Å². The minimum absolute atomic E-state index is 0.129. The molecule has 2 saturated heterocycles. The first kappa shape index (κ1) is 24.1. The lowest BCUT2D eigenvalue weighted by Crippen LogP contribution is -2.67. The van der Waals surface area contributed by atoms with Crippen LogP contribution in [0.5, 0.6) is 0 Å². The Morgan fingerprint density at radius 2 is 2.06 bits per heavy atom. The molecule has 0 radical (unpaired) electrons. The molecule has 2 aliphatic heterocycles. The summed E-state index contributed by atoms with van der Waals surface area (Å²) < 4.78 is 48.8. The molecule has 2 aromatic rings. The van der Waals surface area contributed by atoms with Crippen LogP contribution in [-0.2, 0) is 20.9 Å². The Morgan fingerprint density at radius 1 is 1.38 bits per heavy atom. The van der Waals surface area contributed by atoms with Crippen LogP contribution in [0.1, 0.15) is 39.8 Å². The lowest BCUT2D eigenvalue weighted by atomic mass is 9.84. The van der Waals surface area contributed by atoms with Crippen molar-refractivity contribution in [2.45, 2.75) is 51.2 Å². The van der Waals surface area contributed by atoms with Crippen LogP contribution >= 0.6 is 11.3 Å². The van der Waals surface area contributed by atoms with Crippen molar-refractivity contribution >= 4 is 23.2 Å². The van der Waals surface area contributed by atoms with Gasteiger partial charge < -0.3 is 24.0 Å². The summed E-state index contributed by atoms with van der Waals surface area (Å²) in [5.41, 5.74) is 1.40. The molecule has 4 rings (SSSR count). The number of nitrogens with zero attached hydrogens (tertiary/aromatic N) is 3. The van der Waals surface area contributed by atoms with Crippen molar-refractivity contribution in [3.8, 4) is 0 Å². The molecule has 4 heterocycles. The molecule has 2 fully saturated rings. The van der Waals surface area contributed by atoms with Gasteiger partial charge in [-0.05, 0) is 20.3 Å². The summed E-state index contributed by atoms with van der Waals surface area (Å²) >= 11 is 1.64. The second kappa shape index (κ2) is 9.55. The molecular weight excluding hydrogens is 455 g/mol. The number of thiazole rings is 1. The van der Waals surface area contributed by atoms with E-state index >= 15 is 0 Å². The minimum atomic E-state index is -5.08. The lowest BCUT2D eigenvalue weighted by molar-refractivity contribution is -0.192. The van der Waals surface area contributed by atoms with Crippen molar-refractivity contribution in [2.75, 3.05) is 19.7 Å². The van der Waals surface area contributed by atoms with Crippen molar-refractivity contribution in [1.29, 1.82) is 0 Å². The Morgan fingerprint density at radius 3 is 2.59 bits per heavy atom. The van der Waals surface area contributed by atoms with Gasteiger partial charge in [0.2, 0.25) is 5.76 Å². The predicted octanol–water partition coefficient (Wildman–Crippen LogP) is 2.97. The molecule has 32 heavy (non-hydrogen) atoms. The van der Waals surface area contributed by atoms with E-state index in [1.165, 1.54) is 0 Å². The summed E-state index contributed by atoms with van der Waals surface area (Å²) in [4.78, 5) is 27.4. The van der Waals surface area contributed by atoms with Crippen LogP contribution in [0.4, 0.5) is 13.2 Å². The zero-order valence-corrected chi connectivity index (χ0v) is 18.2. The highest BCUT2D eigenvalue weighted by Gasteiger charge is 2.50. The molecule has 13 heteroatoms. The predicted molar refractivity (Wildman–Crippen MR) is 104 cm³/mol. The molecular formula is C19H22F3N3O6S. The summed E-state index contributed by atoms with van der Waals surface area (Å²) in [7, 11) is 0. The first-order valence-electron chi connectivity index (χ1n) is 9.67. The molecule has 1 spiro atoms. The van der Waals surface area contributed by atoms with Gasteiger partial charge in [-0.15, -0.1) is 11.3 Å². The molecule has 0 aliphatic carbocycles. The van der Waals surface area contributed by atoms with Crippen molar-refractivity contribution in [3.05, 3.63) is 33.6 Å². The fourth-order valence-corrected chi connectivity index (χ4v) is 4.03. The number of aromatic nitrogens is 2. The quantitative estimate of drug-likeness (QED) is 0.715. The Labute approximate surface area is 185 Å². The Balaban J connectivity index is 0.000000360. The number of aryl methyl sites for hydroxylation is 2. The van der Waals surface area contributed by atoms with E-state index in [1.807, 2.05) is 12.3 Å². The second-order valence-corrected chi connectivity index (χ2v) is 8.67. The Kier molecular flexibility index (Phi) is 7.20. The number of likely N-dealkylation sites (tertiary alicyclic amines) is 1. The largest absolute Gasteiger partial charge is 0.490 e. The topological polar surface area (TPSA) is 115 Å². The van der Waals surface area contributed by atoms with E-state index < -0.39 is 12.1 Å². The lowest BCUT2D eigenvalue weighted by Gasteiger charge is -2.52. The number of rotatable bonds is 4. The number of amides is 1. The minimum Gasteiger partial charge on any atom is -0.475 e. The smallest absolute Gasteiger partial charge is 0.475 e. The van der Waals surface area contributed by atoms with E-state index in [2.05, 4.69) is 10.1 Å². The highest BCUT2D eigenvalue weighted by atomic mass is 32.1. The summed E-state index contributed by atoms with van der Waals surface area (Å²) in [5, 5.41) is 14.0. The van der Waals surface area contributed by atoms with Crippen LogP contribution in [-0.4, -0.2) is 69.6 Å². The van der Waals surface area contributed by atoms with Gasteiger partial charge in [-0.1, -0.05) is 5.16 Å². The molecule has 0 saturated carbocycles. The van der Waals surface area contributed by atoms with Crippen molar-refractivity contribution in [1.82, 2.24) is 15.0 Å². The van der Waals surface area contributed by atoms with E-state index in [9.17, 15) is 18.0 Å². The van der Waals surface area contributed by atoms with E-state index in [-0.39, 0.29) is 23.4 Å². The van der Waals surface area contributed by atoms with E-state index in [0.717, 1.165) is 23.5 Å². The zero-order valence-electron chi connectivity index (χ0n) is 17.3. The fraction of sp³-hybridized carbons (Fsp3) is 0.579. The summed E-state index contributed by atoms with van der Waals surface area (Å²) in [6.45, 7) is 6.12. The number of carboxylic acids is 1. The number of carbonyl (C=O) groups excluding carboxylic acids is 1. The molecule has 176 valence electrons.